The number of ether oxygens (including phenoxy) is 3. The van der Waals surface area contributed by atoms with Gasteiger partial charge >= 0.3 is 5.97 Å². The van der Waals surface area contributed by atoms with Crippen LogP contribution in [-0.4, -0.2) is 151 Å². The van der Waals surface area contributed by atoms with Crippen LogP contribution in [0, 0.1) is 23.2 Å². The summed E-state index contributed by atoms with van der Waals surface area (Å²) in [6.07, 6.45) is 2.98. The van der Waals surface area contributed by atoms with Crippen molar-refractivity contribution in [3.8, 4) is 40.0 Å². The van der Waals surface area contributed by atoms with E-state index in [2.05, 4.69) is 60.1 Å². The molecule has 3 aromatic carbocycles. The number of hydrogen-bond donors (Lipinski definition) is 4. The number of methoxy groups -OCH3 is 1. The van der Waals surface area contributed by atoms with Crippen LogP contribution in [0.3, 0.4) is 0 Å². The number of nitrogens with two attached hydrogens (primary N) is 1. The fourth-order valence-corrected chi connectivity index (χ4v) is 13.9. The average Bonchev–Trinajstić information content (AvgIpc) is 4.17. The van der Waals surface area contributed by atoms with E-state index in [0.717, 1.165) is 38.9 Å². The molecule has 4 aliphatic rings. The van der Waals surface area contributed by atoms with Crippen LogP contribution in [0.5, 0.6) is 5.75 Å². The Hall–Kier alpha value is -6.82. The number of benzene rings is 3. The van der Waals surface area contributed by atoms with Crippen LogP contribution in [0.15, 0.2) is 72.9 Å². The number of anilines is 1. The third-order valence-corrected chi connectivity index (χ3v) is 18.3. The molecule has 5 N–H and O–H groups in total. The monoisotopic (exact) mass is 1130 g/mol. The summed E-state index contributed by atoms with van der Waals surface area (Å²) < 4.78 is 45.0. The lowest BCUT2D eigenvalue weighted by molar-refractivity contribution is -0.155. The normalized spacial score (nSPS) is 22.7. The van der Waals surface area contributed by atoms with Gasteiger partial charge in [0.05, 0.1) is 42.1 Å². The van der Waals surface area contributed by atoms with Gasteiger partial charge in [0.2, 0.25) is 5.91 Å². The zero-order chi connectivity index (χ0) is 58.1. The lowest BCUT2D eigenvalue weighted by Gasteiger charge is -2.37. The van der Waals surface area contributed by atoms with Gasteiger partial charge in [-0.2, -0.15) is 0 Å². The minimum absolute atomic E-state index is 0.0409. The van der Waals surface area contributed by atoms with Crippen molar-refractivity contribution >= 4 is 50.1 Å². The van der Waals surface area contributed by atoms with Crippen molar-refractivity contribution in [3.05, 3.63) is 101 Å². The number of nitrogen functional groups attached to an aromatic ring is 1. The Balaban J connectivity index is 1.10. The van der Waals surface area contributed by atoms with Gasteiger partial charge < -0.3 is 39.8 Å². The Labute approximate surface area is 475 Å². The van der Waals surface area contributed by atoms with Gasteiger partial charge in [-0.3, -0.25) is 34.1 Å². The second-order valence-electron chi connectivity index (χ2n) is 23.5. The molecule has 9 rings (SSSR count). The number of esters is 1. The number of sulfone groups is 1. The van der Waals surface area contributed by atoms with Crippen LogP contribution in [-0.2, 0) is 62.6 Å². The number of nitrogens with one attached hydrogen (secondary N) is 2. The summed E-state index contributed by atoms with van der Waals surface area (Å²) in [7, 11) is 2.08. The Kier molecular flexibility index (Phi) is 17.7. The first-order valence-electron chi connectivity index (χ1n) is 28.2. The molecule has 0 radical (unpaired) electrons. The zero-order valence-corrected chi connectivity index (χ0v) is 48.9. The molecule has 6 bridgehead atoms. The molecule has 3 saturated heterocycles. The largest absolute Gasteiger partial charge is 0.508 e. The first-order valence-corrected chi connectivity index (χ1v) is 30.1. The summed E-state index contributed by atoms with van der Waals surface area (Å²) in [5.74, 6) is 4.30. The Bertz CT molecular complexity index is 3370. The van der Waals surface area contributed by atoms with E-state index in [9.17, 15) is 32.7 Å². The van der Waals surface area contributed by atoms with E-state index in [0.29, 0.717) is 79.9 Å². The van der Waals surface area contributed by atoms with E-state index >= 15 is 0 Å². The van der Waals surface area contributed by atoms with Crippen LogP contribution in [0.25, 0.3) is 33.3 Å². The van der Waals surface area contributed by atoms with Gasteiger partial charge in [0.15, 0.2) is 9.84 Å². The number of aromatic nitrogens is 2. The van der Waals surface area contributed by atoms with E-state index < -0.39 is 63.4 Å². The second-order valence-corrected chi connectivity index (χ2v) is 25.7. The number of likely N-dealkylation sites (N-methyl/N-ethyl adjacent to an activating group) is 1. The number of cyclic esters (lactones) is 1. The summed E-state index contributed by atoms with van der Waals surface area (Å²) >= 11 is 0. The number of carbonyl (C=O) groups is 4. The number of hydrogen-bond acceptors (Lipinski definition) is 14. The average molecular weight is 1130 g/mol. The summed E-state index contributed by atoms with van der Waals surface area (Å²) in [6, 6.07) is 17.6. The molecule has 7 atom stereocenters. The van der Waals surface area contributed by atoms with Crippen molar-refractivity contribution in [2.75, 3.05) is 64.7 Å². The standard InChI is InChI=1S/C62H78N8O10S/c1-10-69-53-20-17-42-32-48(53)50(56(69)49-29-39(34-64-54(49)38(4)78-9)13-11-23-67(7)45-22-26-81(76,77)35-45)33-62(5,6)36-80-61(75)51-14-12-24-70(66-51)59(73)52(30-40-27-43(42)31-46(71)28-40)65-58(72)55(37(2)3)68(8)60(74)57-47(21-25-79-57)41-15-18-44(63)19-16-41/h15-20,27-29,31-32,34,37-38,45,47,51-52,55,57,66,71H,10,12,14,21-26,30,33,35-36,63H2,1-9H3,(H,65,72). The van der Waals surface area contributed by atoms with Gasteiger partial charge in [-0.05, 0) is 129 Å². The van der Waals surface area contributed by atoms with E-state index in [1.54, 1.807) is 44.6 Å². The van der Waals surface area contributed by atoms with Crippen molar-refractivity contribution in [1.29, 1.82) is 0 Å². The van der Waals surface area contributed by atoms with E-state index in [-0.39, 0.29) is 60.6 Å². The first kappa shape index (κ1) is 58.8. The van der Waals surface area contributed by atoms with Gasteiger partial charge in [-0.15, -0.1) is 0 Å². The van der Waals surface area contributed by atoms with Gasteiger partial charge in [0.25, 0.3) is 11.8 Å². The number of aromatic hydroxyl groups is 1. The molecule has 18 nitrogen and oxygen atoms in total. The Morgan fingerprint density at radius 1 is 1.02 bits per heavy atom. The molecule has 81 heavy (non-hydrogen) atoms. The van der Waals surface area contributed by atoms with Crippen LogP contribution in [0.4, 0.5) is 5.69 Å². The van der Waals surface area contributed by atoms with Crippen LogP contribution in [0.1, 0.15) is 107 Å². The van der Waals surface area contributed by atoms with Gasteiger partial charge in [-0.25, -0.2) is 13.8 Å². The SMILES string of the molecule is CCn1c(-c2cc(C#CCN(C)C3CCS(=O)(=O)C3)cnc2C(C)OC)c2c3cc(ccc31)-c1cc(O)cc(c1)CC(NC(=O)C(C(C)C)N(C)C(=O)C1OCCC1c1ccc(N)cc1)C(=O)N1CCCC(N1)C(=O)OCC(C)(C)C2. The molecule has 3 amide bonds. The summed E-state index contributed by atoms with van der Waals surface area (Å²) in [6.45, 7) is 13.5. The number of phenols is 1. The highest BCUT2D eigenvalue weighted by Crippen LogP contribution is 2.43. The van der Waals surface area contributed by atoms with Crippen LogP contribution < -0.4 is 16.5 Å². The number of carbonyl (C=O) groups excluding carboxylic acids is 4. The molecule has 7 unspecified atom stereocenters. The number of aryl methyl sites for hydroxylation is 1. The lowest BCUT2D eigenvalue weighted by Crippen LogP contribution is -2.62. The van der Waals surface area contributed by atoms with Crippen molar-refractivity contribution < 1.29 is 46.9 Å². The molecular formula is C62H78N8O10S. The number of rotatable bonds is 12. The molecule has 3 fully saturated rings. The van der Waals surface area contributed by atoms with Crippen molar-refractivity contribution in [3.63, 3.8) is 0 Å². The van der Waals surface area contributed by atoms with E-state index in [1.807, 2.05) is 63.1 Å². The first-order chi connectivity index (χ1) is 38.5. The van der Waals surface area contributed by atoms with Crippen molar-refractivity contribution in [2.45, 2.75) is 129 Å². The van der Waals surface area contributed by atoms with Crippen molar-refractivity contribution in [1.82, 2.24) is 35.1 Å². The maximum atomic E-state index is 15.0. The Morgan fingerprint density at radius 3 is 2.49 bits per heavy atom. The molecule has 432 valence electrons. The molecule has 5 aromatic rings. The van der Waals surface area contributed by atoms with E-state index in [4.69, 9.17) is 24.9 Å². The third kappa shape index (κ3) is 13.0. The number of fused-ring (bicyclic) bond motifs is 6. The molecule has 2 aromatic heterocycles. The predicted molar refractivity (Wildman–Crippen MR) is 311 cm³/mol. The molecule has 0 saturated carbocycles. The molecular weight excluding hydrogens is 1050 g/mol. The highest BCUT2D eigenvalue weighted by molar-refractivity contribution is 7.91. The molecule has 0 aliphatic carbocycles. The van der Waals surface area contributed by atoms with Crippen LogP contribution in [0.2, 0.25) is 0 Å². The van der Waals surface area contributed by atoms with Gasteiger partial charge in [0, 0.05) is 91.6 Å². The fourth-order valence-electron chi connectivity index (χ4n) is 12.1. The molecule has 6 heterocycles. The Morgan fingerprint density at radius 2 is 1.79 bits per heavy atom. The van der Waals surface area contributed by atoms with Gasteiger partial charge in [-0.1, -0.05) is 63.8 Å². The number of amides is 3. The summed E-state index contributed by atoms with van der Waals surface area (Å²) in [5, 5.41) is 16.9. The molecule has 19 heteroatoms. The number of phenolic OH excluding ortho intramolecular Hbond substituents is 1. The maximum absolute atomic E-state index is 15.0. The molecule has 0 spiro atoms. The van der Waals surface area contributed by atoms with E-state index in [1.165, 1.54) is 9.91 Å². The number of pyridine rings is 1. The minimum Gasteiger partial charge on any atom is -0.508 e. The maximum Gasteiger partial charge on any atom is 0.324 e. The molecule has 4 aliphatic heterocycles. The number of hydrazine groups is 1. The third-order valence-electron chi connectivity index (χ3n) is 16.5. The van der Waals surface area contributed by atoms with Gasteiger partial charge in [0.1, 0.15) is 30.0 Å². The highest BCUT2D eigenvalue weighted by atomic mass is 32.2. The topological polar surface area (TPSA) is 228 Å². The zero-order valence-electron chi connectivity index (χ0n) is 48.1. The lowest BCUT2D eigenvalue weighted by atomic mass is 9.84. The summed E-state index contributed by atoms with van der Waals surface area (Å²) in [4.78, 5) is 66.8. The fraction of sp³-hybridized carbons (Fsp3) is 0.500. The van der Waals surface area contributed by atoms with Crippen molar-refractivity contribution in [2.24, 2.45) is 11.3 Å². The quantitative estimate of drug-likeness (QED) is 0.0590. The summed E-state index contributed by atoms with van der Waals surface area (Å²) in [5.41, 5.74) is 17.1. The minimum atomic E-state index is -3.06. The highest BCUT2D eigenvalue weighted by Gasteiger charge is 2.43. The van der Waals surface area contributed by atoms with Crippen LogP contribution >= 0.6 is 0 Å². The number of nitrogens with zero attached hydrogens (tertiary/aromatic N) is 5. The predicted octanol–water partition coefficient (Wildman–Crippen LogP) is 6.56. The second kappa shape index (κ2) is 24.3. The smallest absolute Gasteiger partial charge is 0.324 e.